The molecule has 1 aliphatic carbocycles. The second-order valence-electron chi connectivity index (χ2n) is 5.86. The van der Waals surface area contributed by atoms with Gasteiger partial charge in [0.25, 0.3) is 5.91 Å². The van der Waals surface area contributed by atoms with E-state index in [-0.39, 0.29) is 5.91 Å². The summed E-state index contributed by atoms with van der Waals surface area (Å²) in [6, 6.07) is 3.85. The van der Waals surface area contributed by atoms with Crippen LogP contribution in [0.5, 0.6) is 0 Å². The van der Waals surface area contributed by atoms with Gasteiger partial charge in [0.2, 0.25) is 0 Å². The average molecular weight is 276 g/mol. The standard InChI is InChI=1S/C15H24N4O/c1-11(2)10-19(13-5-3-4-6-13)15(20)12-7-8-17-14(9-12)18-16/h7-9,11,13H,3-6,10,16H2,1-2H3,(H,17,18). The summed E-state index contributed by atoms with van der Waals surface area (Å²) in [6.45, 7) is 5.10. The molecule has 0 aliphatic heterocycles. The van der Waals surface area contributed by atoms with Crippen molar-refractivity contribution >= 4 is 11.7 Å². The monoisotopic (exact) mass is 276 g/mol. The Morgan fingerprint density at radius 2 is 2.20 bits per heavy atom. The number of rotatable bonds is 5. The minimum absolute atomic E-state index is 0.0875. The highest BCUT2D eigenvalue weighted by Crippen LogP contribution is 2.26. The van der Waals surface area contributed by atoms with Crippen LogP contribution in [0.15, 0.2) is 18.3 Å². The third-order valence-corrected chi connectivity index (χ3v) is 3.74. The predicted molar refractivity (Wildman–Crippen MR) is 80.2 cm³/mol. The van der Waals surface area contributed by atoms with Crippen molar-refractivity contribution in [2.75, 3.05) is 12.0 Å². The zero-order valence-corrected chi connectivity index (χ0v) is 12.3. The number of nitrogens with two attached hydrogens (primary N) is 1. The van der Waals surface area contributed by atoms with Crippen LogP contribution in [-0.2, 0) is 0 Å². The van der Waals surface area contributed by atoms with Crippen molar-refractivity contribution in [3.05, 3.63) is 23.9 Å². The van der Waals surface area contributed by atoms with Crippen LogP contribution in [-0.4, -0.2) is 28.4 Å². The van der Waals surface area contributed by atoms with Crippen molar-refractivity contribution in [3.63, 3.8) is 0 Å². The van der Waals surface area contributed by atoms with Gasteiger partial charge >= 0.3 is 0 Å². The molecular weight excluding hydrogens is 252 g/mol. The van der Waals surface area contributed by atoms with Crippen molar-refractivity contribution in [1.82, 2.24) is 9.88 Å². The van der Waals surface area contributed by atoms with E-state index in [1.54, 1.807) is 18.3 Å². The summed E-state index contributed by atoms with van der Waals surface area (Å²) >= 11 is 0. The molecule has 110 valence electrons. The molecule has 1 amide bonds. The molecule has 1 aliphatic rings. The molecule has 20 heavy (non-hydrogen) atoms. The van der Waals surface area contributed by atoms with Crippen molar-refractivity contribution in [3.8, 4) is 0 Å². The zero-order chi connectivity index (χ0) is 14.5. The fourth-order valence-corrected chi connectivity index (χ4v) is 2.82. The maximum absolute atomic E-state index is 12.8. The van der Waals surface area contributed by atoms with Crippen LogP contribution in [0.25, 0.3) is 0 Å². The van der Waals surface area contributed by atoms with Crippen LogP contribution in [0, 0.1) is 5.92 Å². The second-order valence-corrected chi connectivity index (χ2v) is 5.86. The van der Waals surface area contributed by atoms with Crippen LogP contribution in [0.4, 0.5) is 5.82 Å². The number of nitrogens with zero attached hydrogens (tertiary/aromatic N) is 2. The van der Waals surface area contributed by atoms with E-state index in [2.05, 4.69) is 24.3 Å². The Hall–Kier alpha value is -1.62. The van der Waals surface area contributed by atoms with Crippen LogP contribution < -0.4 is 11.3 Å². The van der Waals surface area contributed by atoms with E-state index in [9.17, 15) is 4.79 Å². The van der Waals surface area contributed by atoms with Crippen molar-refractivity contribution in [2.45, 2.75) is 45.6 Å². The lowest BCUT2D eigenvalue weighted by Gasteiger charge is -2.30. The SMILES string of the molecule is CC(C)CN(C(=O)c1ccnc(NN)c1)C1CCCC1. The molecule has 0 atom stereocenters. The van der Waals surface area contributed by atoms with Gasteiger partial charge in [-0.1, -0.05) is 26.7 Å². The first-order valence-electron chi connectivity index (χ1n) is 7.35. The van der Waals surface area contributed by atoms with E-state index < -0.39 is 0 Å². The molecule has 1 aromatic rings. The van der Waals surface area contributed by atoms with E-state index >= 15 is 0 Å². The first kappa shape index (κ1) is 14.8. The Labute approximate surface area is 120 Å². The Kier molecular flexibility index (Phi) is 4.95. The molecule has 5 heteroatoms. The number of hydrogen-bond acceptors (Lipinski definition) is 4. The number of amides is 1. The van der Waals surface area contributed by atoms with Gasteiger partial charge in [-0.3, -0.25) is 4.79 Å². The number of carbonyl (C=O) groups is 1. The van der Waals surface area contributed by atoms with Crippen LogP contribution in [0.1, 0.15) is 49.9 Å². The van der Waals surface area contributed by atoms with Gasteiger partial charge in [0, 0.05) is 24.3 Å². The first-order chi connectivity index (χ1) is 9.61. The molecular formula is C15H24N4O. The largest absolute Gasteiger partial charge is 0.335 e. The zero-order valence-electron chi connectivity index (χ0n) is 12.3. The van der Waals surface area contributed by atoms with Crippen LogP contribution in [0.3, 0.4) is 0 Å². The summed E-state index contributed by atoms with van der Waals surface area (Å²) in [5.41, 5.74) is 3.14. The molecule has 1 heterocycles. The molecule has 0 saturated heterocycles. The number of anilines is 1. The Bertz CT molecular complexity index is 455. The fraction of sp³-hybridized carbons (Fsp3) is 0.600. The smallest absolute Gasteiger partial charge is 0.254 e. The van der Waals surface area contributed by atoms with Crippen LogP contribution in [0.2, 0.25) is 0 Å². The number of nitrogens with one attached hydrogen (secondary N) is 1. The molecule has 0 spiro atoms. The summed E-state index contributed by atoms with van der Waals surface area (Å²) < 4.78 is 0. The van der Waals surface area contributed by atoms with Gasteiger partial charge in [0.1, 0.15) is 5.82 Å². The lowest BCUT2D eigenvalue weighted by atomic mass is 10.1. The normalized spacial score (nSPS) is 15.6. The number of nitrogen functional groups attached to an aromatic ring is 1. The molecule has 0 aromatic carbocycles. The first-order valence-corrected chi connectivity index (χ1v) is 7.35. The van der Waals surface area contributed by atoms with Gasteiger partial charge < -0.3 is 10.3 Å². The summed E-state index contributed by atoms with van der Waals surface area (Å²) in [6.07, 6.45) is 6.29. The van der Waals surface area contributed by atoms with Crippen molar-refractivity contribution in [1.29, 1.82) is 0 Å². The van der Waals surface area contributed by atoms with Gasteiger partial charge in [-0.2, -0.15) is 0 Å². The quantitative estimate of drug-likeness (QED) is 0.640. The number of pyridine rings is 1. The molecule has 1 saturated carbocycles. The van der Waals surface area contributed by atoms with Crippen molar-refractivity contribution in [2.24, 2.45) is 11.8 Å². The van der Waals surface area contributed by atoms with E-state index in [1.807, 2.05) is 4.90 Å². The lowest BCUT2D eigenvalue weighted by molar-refractivity contribution is 0.0655. The highest BCUT2D eigenvalue weighted by atomic mass is 16.2. The van der Waals surface area contributed by atoms with E-state index in [1.165, 1.54) is 12.8 Å². The maximum Gasteiger partial charge on any atom is 0.254 e. The third kappa shape index (κ3) is 3.48. The molecule has 0 radical (unpaired) electrons. The van der Waals surface area contributed by atoms with E-state index in [0.29, 0.717) is 23.3 Å². The topological polar surface area (TPSA) is 71.2 Å². The molecule has 1 fully saturated rings. The summed E-state index contributed by atoms with van der Waals surface area (Å²) in [7, 11) is 0. The van der Waals surface area contributed by atoms with Gasteiger partial charge in [-0.05, 0) is 30.9 Å². The summed E-state index contributed by atoms with van der Waals surface area (Å²) in [4.78, 5) is 18.9. The van der Waals surface area contributed by atoms with Gasteiger partial charge in [0.15, 0.2) is 0 Å². The molecule has 3 N–H and O–H groups in total. The van der Waals surface area contributed by atoms with Gasteiger partial charge in [-0.15, -0.1) is 0 Å². The number of aromatic nitrogens is 1. The number of carbonyl (C=O) groups excluding carboxylic acids is 1. The van der Waals surface area contributed by atoms with Gasteiger partial charge in [0.05, 0.1) is 0 Å². The Morgan fingerprint density at radius 3 is 2.80 bits per heavy atom. The maximum atomic E-state index is 12.8. The predicted octanol–water partition coefficient (Wildman–Crippen LogP) is 2.41. The highest BCUT2D eigenvalue weighted by Gasteiger charge is 2.28. The fourth-order valence-electron chi connectivity index (χ4n) is 2.82. The summed E-state index contributed by atoms with van der Waals surface area (Å²) in [5, 5.41) is 0. The highest BCUT2D eigenvalue weighted by molar-refractivity contribution is 5.95. The lowest BCUT2D eigenvalue weighted by Crippen LogP contribution is -2.41. The number of hydrazine groups is 1. The minimum Gasteiger partial charge on any atom is -0.335 e. The minimum atomic E-state index is 0.0875. The van der Waals surface area contributed by atoms with E-state index in [4.69, 9.17) is 5.84 Å². The molecule has 5 nitrogen and oxygen atoms in total. The number of hydrogen-bond donors (Lipinski definition) is 2. The second kappa shape index (κ2) is 6.70. The molecule has 1 aromatic heterocycles. The van der Waals surface area contributed by atoms with Crippen molar-refractivity contribution < 1.29 is 4.79 Å². The molecule has 0 bridgehead atoms. The van der Waals surface area contributed by atoms with Gasteiger partial charge in [-0.25, -0.2) is 10.8 Å². The average Bonchev–Trinajstić information content (AvgIpc) is 2.98. The van der Waals surface area contributed by atoms with Crippen LogP contribution >= 0.6 is 0 Å². The van der Waals surface area contributed by atoms with E-state index in [0.717, 1.165) is 19.4 Å². The summed E-state index contributed by atoms with van der Waals surface area (Å²) in [5.74, 6) is 6.43. The Balaban J connectivity index is 2.20. The molecule has 2 rings (SSSR count). The Morgan fingerprint density at radius 1 is 1.50 bits per heavy atom. The third-order valence-electron chi connectivity index (χ3n) is 3.74. The molecule has 0 unspecified atom stereocenters.